The van der Waals surface area contributed by atoms with E-state index < -0.39 is 9.84 Å². The molecule has 1 amide bonds. The average Bonchev–Trinajstić information content (AvgIpc) is 3.04. The van der Waals surface area contributed by atoms with Crippen molar-refractivity contribution >= 4 is 15.7 Å². The van der Waals surface area contributed by atoms with Crippen LogP contribution in [0.5, 0.6) is 0 Å². The van der Waals surface area contributed by atoms with Gasteiger partial charge in [-0.2, -0.15) is 0 Å². The Kier molecular flexibility index (Phi) is 3.78. The quantitative estimate of drug-likeness (QED) is 0.840. The zero-order valence-corrected chi connectivity index (χ0v) is 13.1. The van der Waals surface area contributed by atoms with Gasteiger partial charge in [0.15, 0.2) is 9.84 Å². The van der Waals surface area contributed by atoms with Crippen LogP contribution in [0.2, 0.25) is 0 Å². The molecule has 21 heavy (non-hydrogen) atoms. The maximum Gasteiger partial charge on any atom is 0.227 e. The molecular weight excluding hydrogens is 286 g/mol. The highest BCUT2D eigenvalue weighted by molar-refractivity contribution is 7.91. The maximum absolute atomic E-state index is 12.7. The predicted octanol–water partition coefficient (Wildman–Crippen LogP) is 2.09. The molecule has 2 aliphatic heterocycles. The van der Waals surface area contributed by atoms with Gasteiger partial charge in [-0.15, -0.1) is 0 Å². The average molecular weight is 307 g/mol. The third-order valence-electron chi connectivity index (χ3n) is 4.54. The Morgan fingerprint density at radius 1 is 1.29 bits per heavy atom. The fourth-order valence-electron chi connectivity index (χ4n) is 3.48. The number of carbonyl (C=O) groups is 1. The van der Waals surface area contributed by atoms with E-state index in [9.17, 15) is 13.2 Å². The van der Waals surface area contributed by atoms with Crippen molar-refractivity contribution in [1.82, 2.24) is 4.90 Å². The standard InChI is InChI=1S/C16H21NO3S/c1-12-4-2-5-13(10-12)15-6-3-8-17(15)16(18)14-7-9-21(19,20)11-14/h2,4-5,10,14-15H,3,6-9,11H2,1H3/t14-,15+/m0/s1. The van der Waals surface area contributed by atoms with Gasteiger partial charge >= 0.3 is 0 Å². The van der Waals surface area contributed by atoms with Crippen LogP contribution in [-0.4, -0.2) is 37.3 Å². The van der Waals surface area contributed by atoms with Gasteiger partial charge < -0.3 is 4.90 Å². The Morgan fingerprint density at radius 3 is 2.76 bits per heavy atom. The number of likely N-dealkylation sites (tertiary alicyclic amines) is 1. The Bertz CT molecular complexity index is 653. The summed E-state index contributed by atoms with van der Waals surface area (Å²) in [5.41, 5.74) is 2.36. The summed E-state index contributed by atoms with van der Waals surface area (Å²) in [5.74, 6) is -0.115. The largest absolute Gasteiger partial charge is 0.335 e. The number of carbonyl (C=O) groups excluding carboxylic acids is 1. The number of amides is 1. The molecule has 0 bridgehead atoms. The Labute approximate surface area is 126 Å². The fraction of sp³-hybridized carbons (Fsp3) is 0.562. The van der Waals surface area contributed by atoms with Crippen molar-refractivity contribution in [2.75, 3.05) is 18.1 Å². The molecule has 2 saturated heterocycles. The van der Waals surface area contributed by atoms with Crippen LogP contribution in [0, 0.1) is 12.8 Å². The van der Waals surface area contributed by atoms with Gasteiger partial charge in [-0.1, -0.05) is 29.8 Å². The molecule has 0 N–H and O–H groups in total. The first-order valence-corrected chi connectivity index (χ1v) is 9.36. The minimum atomic E-state index is -3.01. The van der Waals surface area contributed by atoms with Gasteiger partial charge in [-0.05, 0) is 31.7 Å². The molecule has 5 heteroatoms. The summed E-state index contributed by atoms with van der Waals surface area (Å²) in [7, 11) is -3.01. The van der Waals surface area contributed by atoms with Gasteiger partial charge in [0.1, 0.15) is 0 Å². The van der Waals surface area contributed by atoms with Gasteiger partial charge in [0, 0.05) is 6.54 Å². The molecule has 3 rings (SSSR count). The van der Waals surface area contributed by atoms with Crippen LogP contribution in [0.1, 0.15) is 36.4 Å². The number of hydrogen-bond acceptors (Lipinski definition) is 3. The van der Waals surface area contributed by atoms with Crippen LogP contribution in [0.25, 0.3) is 0 Å². The lowest BCUT2D eigenvalue weighted by Gasteiger charge is -2.27. The lowest BCUT2D eigenvalue weighted by molar-refractivity contribution is -0.135. The van der Waals surface area contributed by atoms with E-state index >= 15 is 0 Å². The summed E-state index contributed by atoms with van der Waals surface area (Å²) in [6, 6.07) is 8.37. The molecule has 0 aromatic heterocycles. The zero-order chi connectivity index (χ0) is 15.0. The molecule has 0 spiro atoms. The molecule has 1 aromatic rings. The summed E-state index contributed by atoms with van der Waals surface area (Å²) in [4.78, 5) is 14.6. The van der Waals surface area contributed by atoms with Crippen LogP contribution >= 0.6 is 0 Å². The molecule has 1 aromatic carbocycles. The van der Waals surface area contributed by atoms with Crippen molar-refractivity contribution in [2.24, 2.45) is 5.92 Å². The van der Waals surface area contributed by atoms with Crippen LogP contribution in [-0.2, 0) is 14.6 Å². The molecule has 2 aliphatic rings. The number of aryl methyl sites for hydroxylation is 1. The molecular formula is C16H21NO3S. The molecule has 0 unspecified atom stereocenters. The van der Waals surface area contributed by atoms with Crippen LogP contribution in [0.3, 0.4) is 0 Å². The lowest BCUT2D eigenvalue weighted by atomic mass is 10.0. The first kappa shape index (κ1) is 14.6. The first-order chi connectivity index (χ1) is 9.96. The SMILES string of the molecule is Cc1cccc([C@H]2CCCN2C(=O)[C@H]2CCS(=O)(=O)C2)c1. The Hall–Kier alpha value is -1.36. The van der Waals surface area contributed by atoms with Gasteiger partial charge in [0.25, 0.3) is 0 Å². The molecule has 4 nitrogen and oxygen atoms in total. The van der Waals surface area contributed by atoms with Crippen molar-refractivity contribution < 1.29 is 13.2 Å². The molecule has 0 aliphatic carbocycles. The van der Waals surface area contributed by atoms with Crippen molar-refractivity contribution in [3.05, 3.63) is 35.4 Å². The van der Waals surface area contributed by atoms with Gasteiger partial charge in [-0.3, -0.25) is 4.79 Å². The second-order valence-corrected chi connectivity index (χ2v) is 8.43. The van der Waals surface area contributed by atoms with Crippen LogP contribution in [0.4, 0.5) is 0 Å². The molecule has 2 heterocycles. The van der Waals surface area contributed by atoms with E-state index in [0.29, 0.717) is 6.42 Å². The zero-order valence-electron chi connectivity index (χ0n) is 12.3. The topological polar surface area (TPSA) is 54.5 Å². The molecule has 0 saturated carbocycles. The van der Waals surface area contributed by atoms with Crippen molar-refractivity contribution in [2.45, 2.75) is 32.2 Å². The van der Waals surface area contributed by atoms with Crippen LogP contribution < -0.4 is 0 Å². The van der Waals surface area contributed by atoms with E-state index in [2.05, 4.69) is 12.1 Å². The third-order valence-corrected chi connectivity index (χ3v) is 6.31. The summed E-state index contributed by atoms with van der Waals surface area (Å²) >= 11 is 0. The van der Waals surface area contributed by atoms with Crippen LogP contribution in [0.15, 0.2) is 24.3 Å². The summed E-state index contributed by atoms with van der Waals surface area (Å²) in [5, 5.41) is 0. The van der Waals surface area contributed by atoms with E-state index in [1.807, 2.05) is 24.0 Å². The summed E-state index contributed by atoms with van der Waals surface area (Å²) in [6.07, 6.45) is 2.44. The summed E-state index contributed by atoms with van der Waals surface area (Å²) < 4.78 is 23.2. The lowest BCUT2D eigenvalue weighted by Crippen LogP contribution is -2.36. The van der Waals surface area contributed by atoms with E-state index in [4.69, 9.17) is 0 Å². The summed E-state index contributed by atoms with van der Waals surface area (Å²) in [6.45, 7) is 2.79. The van der Waals surface area contributed by atoms with Gasteiger partial charge in [0.05, 0.1) is 23.5 Å². The smallest absolute Gasteiger partial charge is 0.227 e. The van der Waals surface area contributed by atoms with Gasteiger partial charge in [0.2, 0.25) is 5.91 Å². The minimum absolute atomic E-state index is 0.0279. The predicted molar refractivity (Wildman–Crippen MR) is 81.6 cm³/mol. The molecule has 0 radical (unpaired) electrons. The molecule has 114 valence electrons. The highest BCUT2D eigenvalue weighted by atomic mass is 32.2. The maximum atomic E-state index is 12.7. The highest BCUT2D eigenvalue weighted by Gasteiger charge is 2.39. The number of nitrogens with zero attached hydrogens (tertiary/aromatic N) is 1. The number of rotatable bonds is 2. The molecule has 2 fully saturated rings. The Balaban J connectivity index is 1.80. The third kappa shape index (κ3) is 2.98. The normalized spacial score (nSPS) is 28.0. The van der Waals surface area contributed by atoms with Crippen molar-refractivity contribution in [1.29, 1.82) is 0 Å². The second-order valence-electron chi connectivity index (χ2n) is 6.20. The van der Waals surface area contributed by atoms with E-state index in [1.54, 1.807) is 0 Å². The first-order valence-electron chi connectivity index (χ1n) is 7.54. The van der Waals surface area contributed by atoms with Gasteiger partial charge in [-0.25, -0.2) is 8.42 Å². The number of hydrogen-bond donors (Lipinski definition) is 0. The van der Waals surface area contributed by atoms with Crippen molar-refractivity contribution in [3.8, 4) is 0 Å². The Morgan fingerprint density at radius 2 is 2.10 bits per heavy atom. The van der Waals surface area contributed by atoms with E-state index in [0.717, 1.165) is 19.4 Å². The van der Waals surface area contributed by atoms with Crippen molar-refractivity contribution in [3.63, 3.8) is 0 Å². The molecule has 2 atom stereocenters. The highest BCUT2D eigenvalue weighted by Crippen LogP contribution is 2.35. The minimum Gasteiger partial charge on any atom is -0.335 e. The number of benzene rings is 1. The second kappa shape index (κ2) is 5.44. The fourth-order valence-corrected chi connectivity index (χ4v) is 5.21. The number of sulfone groups is 1. The van der Waals surface area contributed by atoms with E-state index in [1.165, 1.54) is 11.1 Å². The monoisotopic (exact) mass is 307 g/mol. The van der Waals surface area contributed by atoms with E-state index in [-0.39, 0.29) is 29.4 Å².